The molecule has 8 nitrogen and oxygen atoms in total. The molecule has 0 spiro atoms. The zero-order valence-electron chi connectivity index (χ0n) is 12.5. The zero-order valence-corrected chi connectivity index (χ0v) is 13.3. The van der Waals surface area contributed by atoms with Crippen LogP contribution in [0.4, 0.5) is 4.79 Å². The first kappa shape index (κ1) is 18.7. The van der Waals surface area contributed by atoms with Crippen LogP contribution in [0.25, 0.3) is 0 Å². The highest BCUT2D eigenvalue weighted by Gasteiger charge is 2.26. The van der Waals surface area contributed by atoms with E-state index in [0.717, 1.165) is 0 Å². The van der Waals surface area contributed by atoms with E-state index in [1.54, 1.807) is 39.3 Å². The zero-order chi connectivity index (χ0) is 16.1. The summed E-state index contributed by atoms with van der Waals surface area (Å²) >= 11 is 0. The lowest BCUT2D eigenvalue weighted by Crippen LogP contribution is -2.48. The topological polar surface area (TPSA) is 111 Å². The Morgan fingerprint density at radius 2 is 1.60 bits per heavy atom. The minimum Gasteiger partial charge on any atom is -0.459 e. The quantitative estimate of drug-likeness (QED) is 0.723. The fraction of sp³-hybridized carbons (Fsp3) is 0.818. The molecular formula is C11H22N2O6S. The lowest BCUT2D eigenvalue weighted by Gasteiger charge is -2.22. The highest BCUT2D eigenvalue weighted by molar-refractivity contribution is 7.88. The first-order valence-corrected chi connectivity index (χ1v) is 7.54. The SMILES string of the molecule is CC(C)OC(=O)NS(=O)(=O)N[C@H](C)C(=O)OC(C)(C)C. The van der Waals surface area contributed by atoms with Crippen molar-refractivity contribution in [1.29, 1.82) is 0 Å². The van der Waals surface area contributed by atoms with Gasteiger partial charge in [-0.15, -0.1) is 0 Å². The summed E-state index contributed by atoms with van der Waals surface area (Å²) in [6.45, 7) is 9.42. The van der Waals surface area contributed by atoms with Crippen molar-refractivity contribution < 1.29 is 27.5 Å². The van der Waals surface area contributed by atoms with E-state index in [1.165, 1.54) is 6.92 Å². The molecule has 0 rings (SSSR count). The summed E-state index contributed by atoms with van der Waals surface area (Å²) in [7, 11) is -4.20. The second kappa shape index (κ2) is 6.89. The maximum absolute atomic E-state index is 11.6. The van der Waals surface area contributed by atoms with Gasteiger partial charge < -0.3 is 9.47 Å². The Hall–Kier alpha value is -1.35. The van der Waals surface area contributed by atoms with Crippen molar-refractivity contribution in [3.05, 3.63) is 0 Å². The number of hydrogen-bond acceptors (Lipinski definition) is 6. The Bertz CT molecular complexity index is 452. The average molecular weight is 310 g/mol. The van der Waals surface area contributed by atoms with Gasteiger partial charge in [0.15, 0.2) is 0 Å². The van der Waals surface area contributed by atoms with Gasteiger partial charge in [-0.1, -0.05) is 0 Å². The van der Waals surface area contributed by atoms with Gasteiger partial charge in [0.1, 0.15) is 11.6 Å². The van der Waals surface area contributed by atoms with Gasteiger partial charge in [0.2, 0.25) is 0 Å². The van der Waals surface area contributed by atoms with Crippen molar-refractivity contribution in [2.45, 2.75) is 59.3 Å². The number of hydrogen-bond donors (Lipinski definition) is 2. The Kier molecular flexibility index (Phi) is 6.42. The molecule has 0 aliphatic carbocycles. The summed E-state index contributed by atoms with van der Waals surface area (Å²) in [5, 5.41) is 0. The van der Waals surface area contributed by atoms with Gasteiger partial charge in [-0.25, -0.2) is 9.52 Å². The molecule has 0 heterocycles. The largest absolute Gasteiger partial charge is 0.459 e. The molecule has 0 aliphatic rings. The Balaban J connectivity index is 4.53. The summed E-state index contributed by atoms with van der Waals surface area (Å²) in [5.74, 6) is -0.750. The standard InChI is InChI=1S/C11H22N2O6S/c1-7(2)18-10(15)13-20(16,17)12-8(3)9(14)19-11(4,5)6/h7-8,12H,1-6H3,(H,13,15)/t8-/m1/s1. The van der Waals surface area contributed by atoms with Gasteiger partial charge in [-0.3, -0.25) is 4.79 Å². The molecule has 118 valence electrons. The molecule has 0 saturated carbocycles. The van der Waals surface area contributed by atoms with E-state index in [9.17, 15) is 18.0 Å². The van der Waals surface area contributed by atoms with Crippen LogP contribution >= 0.6 is 0 Å². The van der Waals surface area contributed by atoms with Gasteiger partial charge in [-0.05, 0) is 41.5 Å². The molecule has 0 fully saturated rings. The number of rotatable bonds is 5. The summed E-state index contributed by atoms with van der Waals surface area (Å²) in [6, 6.07) is -1.14. The van der Waals surface area contributed by atoms with Crippen LogP contribution in [0.2, 0.25) is 0 Å². The molecule has 0 saturated heterocycles. The molecule has 0 aromatic heterocycles. The molecule has 0 radical (unpaired) electrons. The number of esters is 1. The molecule has 0 bridgehead atoms. The predicted octanol–water partition coefficient (Wildman–Crippen LogP) is 0.686. The van der Waals surface area contributed by atoms with Crippen LogP contribution in [0.15, 0.2) is 0 Å². The van der Waals surface area contributed by atoms with E-state index >= 15 is 0 Å². The first-order chi connectivity index (χ1) is 8.82. The van der Waals surface area contributed by atoms with E-state index in [-0.39, 0.29) is 0 Å². The minimum atomic E-state index is -4.20. The average Bonchev–Trinajstić information content (AvgIpc) is 2.10. The lowest BCUT2D eigenvalue weighted by molar-refractivity contribution is -0.156. The number of carbonyl (C=O) groups is 2. The third-order valence-corrected chi connectivity index (χ3v) is 2.75. The normalized spacial score (nSPS) is 13.8. The fourth-order valence-corrected chi connectivity index (χ4v) is 1.94. The number of carbonyl (C=O) groups excluding carboxylic acids is 2. The maximum atomic E-state index is 11.6. The summed E-state index contributed by atoms with van der Waals surface area (Å²) in [5.41, 5.74) is -0.735. The lowest BCUT2D eigenvalue weighted by atomic mass is 10.2. The first-order valence-electron chi connectivity index (χ1n) is 6.06. The van der Waals surface area contributed by atoms with E-state index in [1.807, 2.05) is 4.72 Å². The molecule has 0 aromatic rings. The second-order valence-electron chi connectivity index (χ2n) is 5.43. The van der Waals surface area contributed by atoms with E-state index in [0.29, 0.717) is 0 Å². The van der Waals surface area contributed by atoms with Crippen LogP contribution < -0.4 is 9.44 Å². The second-order valence-corrected chi connectivity index (χ2v) is 6.88. The van der Waals surface area contributed by atoms with Crippen LogP contribution in [0, 0.1) is 0 Å². The Morgan fingerprint density at radius 1 is 1.10 bits per heavy atom. The van der Waals surface area contributed by atoms with E-state index < -0.39 is 40.0 Å². The summed E-state index contributed by atoms with van der Waals surface area (Å²) < 4.78 is 36.4. The van der Waals surface area contributed by atoms with Crippen molar-refractivity contribution >= 4 is 22.3 Å². The van der Waals surface area contributed by atoms with Crippen molar-refractivity contribution in [1.82, 2.24) is 9.44 Å². The third kappa shape index (κ3) is 8.70. The van der Waals surface area contributed by atoms with Crippen molar-refractivity contribution in [3.63, 3.8) is 0 Å². The smallest absolute Gasteiger partial charge is 0.422 e. The monoisotopic (exact) mass is 310 g/mol. The third-order valence-electron chi connectivity index (χ3n) is 1.65. The number of ether oxygens (including phenoxy) is 2. The van der Waals surface area contributed by atoms with E-state index in [4.69, 9.17) is 4.74 Å². The molecule has 2 N–H and O–H groups in total. The minimum absolute atomic E-state index is 0.464. The molecule has 0 aliphatic heterocycles. The highest BCUT2D eigenvalue weighted by atomic mass is 32.2. The Morgan fingerprint density at radius 3 is 2.00 bits per heavy atom. The molecule has 1 atom stereocenters. The van der Waals surface area contributed by atoms with Crippen molar-refractivity contribution in [2.75, 3.05) is 0 Å². The maximum Gasteiger partial charge on any atom is 0.422 e. The van der Waals surface area contributed by atoms with Crippen LogP contribution in [-0.2, 0) is 24.5 Å². The Labute approximate surface area is 119 Å². The highest BCUT2D eigenvalue weighted by Crippen LogP contribution is 2.08. The van der Waals surface area contributed by atoms with Gasteiger partial charge in [0.25, 0.3) is 0 Å². The molecule has 20 heavy (non-hydrogen) atoms. The van der Waals surface area contributed by atoms with Gasteiger partial charge >= 0.3 is 22.3 Å². The van der Waals surface area contributed by atoms with Crippen LogP contribution in [0.5, 0.6) is 0 Å². The summed E-state index contributed by atoms with van der Waals surface area (Å²) in [4.78, 5) is 22.8. The number of amides is 1. The van der Waals surface area contributed by atoms with E-state index in [2.05, 4.69) is 4.74 Å². The van der Waals surface area contributed by atoms with Gasteiger partial charge in [0.05, 0.1) is 6.10 Å². The molecule has 0 unspecified atom stereocenters. The molecule has 9 heteroatoms. The van der Waals surface area contributed by atoms with Crippen LogP contribution in [0.3, 0.4) is 0 Å². The van der Waals surface area contributed by atoms with Gasteiger partial charge in [0, 0.05) is 0 Å². The van der Waals surface area contributed by atoms with Crippen molar-refractivity contribution in [2.24, 2.45) is 0 Å². The summed E-state index contributed by atoms with van der Waals surface area (Å²) in [6.07, 6.45) is -1.59. The fourth-order valence-electron chi connectivity index (χ4n) is 1.05. The number of nitrogens with one attached hydrogen (secondary N) is 2. The van der Waals surface area contributed by atoms with Crippen LogP contribution in [0.1, 0.15) is 41.5 Å². The molecule has 1 amide bonds. The van der Waals surface area contributed by atoms with Gasteiger partial charge in [-0.2, -0.15) is 13.1 Å². The predicted molar refractivity (Wildman–Crippen MR) is 72.1 cm³/mol. The molecular weight excluding hydrogens is 288 g/mol. The van der Waals surface area contributed by atoms with Crippen LogP contribution in [-0.4, -0.2) is 38.2 Å². The molecule has 0 aromatic carbocycles. The van der Waals surface area contributed by atoms with Crippen molar-refractivity contribution in [3.8, 4) is 0 Å².